The Morgan fingerprint density at radius 3 is 2.76 bits per heavy atom. The fourth-order valence-electron chi connectivity index (χ4n) is 4.11. The van der Waals surface area contributed by atoms with Gasteiger partial charge in [0, 0.05) is 17.8 Å². The molecule has 0 aromatic heterocycles. The van der Waals surface area contributed by atoms with Crippen molar-refractivity contribution in [2.24, 2.45) is 5.92 Å². The summed E-state index contributed by atoms with van der Waals surface area (Å²) >= 11 is 3.19. The number of imide groups is 1. The summed E-state index contributed by atoms with van der Waals surface area (Å²) in [4.78, 5) is 37.4. The molecule has 33 heavy (non-hydrogen) atoms. The number of thioether (sulfide) groups is 2. The SMILES string of the molecule is O=C(NC(=O)C1CCSC1NC(=O)C1NC2CNCCC2S1)OCCOCc1ccccc1. The Kier molecular flexibility index (Phi) is 8.90. The number of alkyl carbamates (subject to hydrolysis) is 1. The van der Waals surface area contributed by atoms with Gasteiger partial charge in [0.25, 0.3) is 0 Å². The summed E-state index contributed by atoms with van der Waals surface area (Å²) in [5.74, 6) is -0.266. The number of piperidine rings is 1. The molecule has 3 fully saturated rings. The molecule has 5 unspecified atom stereocenters. The predicted octanol–water partition coefficient (Wildman–Crippen LogP) is 1.04. The van der Waals surface area contributed by atoms with Crippen LogP contribution < -0.4 is 21.3 Å². The number of fused-ring (bicyclic) bond motifs is 1. The number of ether oxygens (including phenoxy) is 2. The molecule has 1 aromatic rings. The number of hydrogen-bond acceptors (Lipinski definition) is 9. The lowest BCUT2D eigenvalue weighted by Gasteiger charge is -2.24. The maximum absolute atomic E-state index is 12.8. The van der Waals surface area contributed by atoms with E-state index in [0.29, 0.717) is 24.3 Å². The largest absolute Gasteiger partial charge is 0.447 e. The number of nitrogens with one attached hydrogen (secondary N) is 4. The van der Waals surface area contributed by atoms with Gasteiger partial charge in [-0.15, -0.1) is 23.5 Å². The van der Waals surface area contributed by atoms with Crippen LogP contribution in [0.15, 0.2) is 30.3 Å². The number of benzene rings is 1. The minimum Gasteiger partial charge on any atom is -0.447 e. The van der Waals surface area contributed by atoms with Crippen LogP contribution in [0.5, 0.6) is 0 Å². The quantitative estimate of drug-likeness (QED) is 0.393. The third kappa shape index (κ3) is 6.86. The molecule has 5 atom stereocenters. The van der Waals surface area contributed by atoms with E-state index in [1.54, 1.807) is 11.8 Å². The van der Waals surface area contributed by atoms with E-state index in [1.165, 1.54) is 11.8 Å². The molecule has 3 aliphatic heterocycles. The predicted molar refractivity (Wildman–Crippen MR) is 128 cm³/mol. The lowest BCUT2D eigenvalue weighted by molar-refractivity contribution is -0.125. The molecule has 11 heteroatoms. The zero-order valence-corrected chi connectivity index (χ0v) is 19.9. The highest BCUT2D eigenvalue weighted by molar-refractivity contribution is 8.01. The molecule has 3 saturated heterocycles. The first-order valence-corrected chi connectivity index (χ1v) is 13.2. The van der Waals surface area contributed by atoms with Crippen LogP contribution in [0, 0.1) is 5.92 Å². The van der Waals surface area contributed by atoms with Gasteiger partial charge < -0.3 is 20.1 Å². The summed E-state index contributed by atoms with van der Waals surface area (Å²) in [7, 11) is 0. The van der Waals surface area contributed by atoms with Gasteiger partial charge in [-0.3, -0.25) is 20.2 Å². The van der Waals surface area contributed by atoms with Crippen LogP contribution in [-0.4, -0.2) is 72.0 Å². The number of amides is 3. The van der Waals surface area contributed by atoms with Gasteiger partial charge in [0.05, 0.1) is 24.5 Å². The van der Waals surface area contributed by atoms with Gasteiger partial charge in [0.1, 0.15) is 12.0 Å². The van der Waals surface area contributed by atoms with Crippen molar-refractivity contribution in [2.75, 3.05) is 32.1 Å². The highest BCUT2D eigenvalue weighted by Gasteiger charge is 2.42. The van der Waals surface area contributed by atoms with Gasteiger partial charge >= 0.3 is 6.09 Å². The Morgan fingerprint density at radius 1 is 1.09 bits per heavy atom. The summed E-state index contributed by atoms with van der Waals surface area (Å²) in [6.07, 6.45) is 0.833. The summed E-state index contributed by atoms with van der Waals surface area (Å²) in [6.45, 7) is 2.55. The first-order chi connectivity index (χ1) is 16.1. The van der Waals surface area contributed by atoms with Crippen molar-refractivity contribution < 1.29 is 23.9 Å². The summed E-state index contributed by atoms with van der Waals surface area (Å²) in [6, 6.07) is 9.98. The van der Waals surface area contributed by atoms with E-state index in [1.807, 2.05) is 30.3 Å². The Labute approximate surface area is 201 Å². The van der Waals surface area contributed by atoms with Gasteiger partial charge in [0.2, 0.25) is 11.8 Å². The van der Waals surface area contributed by atoms with Crippen LogP contribution in [0.1, 0.15) is 18.4 Å². The molecule has 3 amide bonds. The first kappa shape index (κ1) is 24.3. The zero-order valence-electron chi connectivity index (χ0n) is 18.3. The number of carbonyl (C=O) groups excluding carboxylic acids is 3. The molecule has 0 aliphatic carbocycles. The Balaban J connectivity index is 1.15. The lowest BCUT2D eigenvalue weighted by Crippen LogP contribution is -2.51. The molecule has 3 heterocycles. The fourth-order valence-corrected chi connectivity index (χ4v) is 6.86. The Hall–Kier alpha value is -1.79. The standard InChI is InChI=1S/C22H30N4O5S2/c27-18(26-22(29)31-10-9-30-13-14-4-2-1-3-5-14)15-7-11-32-20(15)25-19(28)21-24-16-12-23-8-6-17(16)33-21/h1-5,15-17,20-21,23-24H,6-13H2,(H,25,28)(H,26,27,29). The maximum atomic E-state index is 12.8. The molecule has 1 aromatic carbocycles. The molecule has 180 valence electrons. The fraction of sp³-hybridized carbons (Fsp3) is 0.591. The summed E-state index contributed by atoms with van der Waals surface area (Å²) in [5, 5.41) is 11.8. The monoisotopic (exact) mass is 494 g/mol. The van der Waals surface area contributed by atoms with Crippen molar-refractivity contribution in [3.63, 3.8) is 0 Å². The van der Waals surface area contributed by atoms with Crippen molar-refractivity contribution >= 4 is 41.4 Å². The third-order valence-corrected chi connectivity index (χ3v) is 8.66. The summed E-state index contributed by atoms with van der Waals surface area (Å²) in [5.41, 5.74) is 1.03. The van der Waals surface area contributed by atoms with Crippen LogP contribution in [-0.2, 0) is 25.7 Å². The smallest absolute Gasteiger partial charge is 0.413 e. The van der Waals surface area contributed by atoms with Crippen LogP contribution in [0.3, 0.4) is 0 Å². The van der Waals surface area contributed by atoms with Crippen LogP contribution in [0.25, 0.3) is 0 Å². The van der Waals surface area contributed by atoms with Crippen LogP contribution in [0.4, 0.5) is 4.79 Å². The van der Waals surface area contributed by atoms with E-state index >= 15 is 0 Å². The third-order valence-electron chi connectivity index (χ3n) is 5.84. The lowest BCUT2D eigenvalue weighted by atomic mass is 10.1. The minimum absolute atomic E-state index is 0.0489. The van der Waals surface area contributed by atoms with Crippen molar-refractivity contribution in [1.82, 2.24) is 21.3 Å². The van der Waals surface area contributed by atoms with Gasteiger partial charge in [-0.1, -0.05) is 30.3 Å². The average molecular weight is 495 g/mol. The van der Waals surface area contributed by atoms with Gasteiger partial charge in [-0.05, 0) is 30.7 Å². The van der Waals surface area contributed by atoms with Crippen molar-refractivity contribution in [3.05, 3.63) is 35.9 Å². The average Bonchev–Trinajstić information content (AvgIpc) is 3.46. The molecule has 0 radical (unpaired) electrons. The zero-order chi connectivity index (χ0) is 23.0. The molecular formula is C22H30N4O5S2. The van der Waals surface area contributed by atoms with E-state index in [0.717, 1.165) is 30.8 Å². The molecule has 4 N–H and O–H groups in total. The molecule has 0 spiro atoms. The molecule has 4 rings (SSSR count). The highest BCUT2D eigenvalue weighted by atomic mass is 32.2. The first-order valence-electron chi connectivity index (χ1n) is 11.2. The second-order valence-electron chi connectivity index (χ2n) is 8.18. The normalized spacial score (nSPS) is 28.7. The van der Waals surface area contributed by atoms with Crippen molar-refractivity contribution in [1.29, 1.82) is 0 Å². The Morgan fingerprint density at radius 2 is 1.94 bits per heavy atom. The van der Waals surface area contributed by atoms with Crippen molar-refractivity contribution in [3.8, 4) is 0 Å². The molecule has 9 nitrogen and oxygen atoms in total. The maximum Gasteiger partial charge on any atom is 0.413 e. The molecule has 0 bridgehead atoms. The summed E-state index contributed by atoms with van der Waals surface area (Å²) < 4.78 is 10.5. The second kappa shape index (κ2) is 12.1. The van der Waals surface area contributed by atoms with Gasteiger partial charge in [-0.2, -0.15) is 0 Å². The van der Waals surface area contributed by atoms with Crippen LogP contribution >= 0.6 is 23.5 Å². The second-order valence-corrected chi connectivity index (χ2v) is 10.8. The minimum atomic E-state index is -0.796. The molecule has 3 aliphatic rings. The number of rotatable bonds is 8. The topological polar surface area (TPSA) is 118 Å². The van der Waals surface area contributed by atoms with Crippen molar-refractivity contribution in [2.45, 2.75) is 41.5 Å². The van der Waals surface area contributed by atoms with Crippen LogP contribution in [0.2, 0.25) is 0 Å². The van der Waals surface area contributed by atoms with Gasteiger partial charge in [0.15, 0.2) is 0 Å². The van der Waals surface area contributed by atoms with E-state index in [-0.39, 0.29) is 29.9 Å². The van der Waals surface area contributed by atoms with Gasteiger partial charge in [-0.25, -0.2) is 4.79 Å². The molecular weight excluding hydrogens is 464 g/mol. The van der Waals surface area contributed by atoms with E-state index in [9.17, 15) is 14.4 Å². The van der Waals surface area contributed by atoms with E-state index in [2.05, 4.69) is 21.3 Å². The highest BCUT2D eigenvalue weighted by Crippen LogP contribution is 2.34. The van der Waals surface area contributed by atoms with E-state index in [4.69, 9.17) is 9.47 Å². The van der Waals surface area contributed by atoms with E-state index < -0.39 is 17.9 Å². The molecule has 0 saturated carbocycles. The number of carbonyl (C=O) groups is 3. The Bertz CT molecular complexity index is 816. The number of hydrogen-bond donors (Lipinski definition) is 4.